The average Bonchev–Trinajstić information content (AvgIpc) is 2.23. The lowest BCUT2D eigenvalue weighted by atomic mass is 9.85. The van der Waals surface area contributed by atoms with Crippen molar-refractivity contribution in [2.24, 2.45) is 0 Å². The van der Waals surface area contributed by atoms with Gasteiger partial charge >= 0.3 is 0 Å². The molecule has 0 fully saturated rings. The average molecular weight is 199 g/mol. The molecule has 0 unspecified atom stereocenters. The van der Waals surface area contributed by atoms with Crippen LogP contribution in [0.15, 0.2) is 48.0 Å². The lowest BCUT2D eigenvalue weighted by Crippen LogP contribution is -2.32. The summed E-state index contributed by atoms with van der Waals surface area (Å²) in [7, 11) is 5.86. The van der Waals surface area contributed by atoms with E-state index in [2.05, 4.69) is 25.0 Å². The quantitative estimate of drug-likeness (QED) is 0.496. The SMILES string of the molecule is [B]C1=C(C)CN(C/C(C=C)=C/C=C)CC1. The van der Waals surface area contributed by atoms with Gasteiger partial charge in [0.1, 0.15) is 7.85 Å². The third kappa shape index (κ3) is 3.56. The van der Waals surface area contributed by atoms with Gasteiger partial charge in [0, 0.05) is 19.6 Å². The van der Waals surface area contributed by atoms with Gasteiger partial charge in [-0.15, -0.1) is 5.47 Å². The first-order chi connectivity index (χ1) is 7.17. The van der Waals surface area contributed by atoms with E-state index in [-0.39, 0.29) is 0 Å². The molecule has 2 radical (unpaired) electrons. The largest absolute Gasteiger partial charge is 0.295 e. The summed E-state index contributed by atoms with van der Waals surface area (Å²) in [6, 6.07) is 0. The number of hydrogen-bond acceptors (Lipinski definition) is 1. The molecular weight excluding hydrogens is 181 g/mol. The van der Waals surface area contributed by atoms with Crippen molar-refractivity contribution in [2.45, 2.75) is 13.3 Å². The first-order valence-corrected chi connectivity index (χ1v) is 5.28. The van der Waals surface area contributed by atoms with Crippen LogP contribution in [0.3, 0.4) is 0 Å². The summed E-state index contributed by atoms with van der Waals surface area (Å²) in [6.45, 7) is 12.5. The van der Waals surface area contributed by atoms with Crippen molar-refractivity contribution < 1.29 is 0 Å². The molecule has 0 saturated heterocycles. The van der Waals surface area contributed by atoms with Crippen LogP contribution in [0.25, 0.3) is 0 Å². The van der Waals surface area contributed by atoms with Gasteiger partial charge in [-0.25, -0.2) is 0 Å². The molecule has 1 nitrogen and oxygen atoms in total. The van der Waals surface area contributed by atoms with Crippen molar-refractivity contribution in [3.8, 4) is 0 Å². The van der Waals surface area contributed by atoms with Crippen LogP contribution in [-0.4, -0.2) is 32.4 Å². The van der Waals surface area contributed by atoms with Crippen LogP contribution in [0.2, 0.25) is 0 Å². The number of allylic oxidation sites excluding steroid dienone is 2. The summed E-state index contributed by atoms with van der Waals surface area (Å²) >= 11 is 0. The van der Waals surface area contributed by atoms with Gasteiger partial charge in [0.25, 0.3) is 0 Å². The number of rotatable bonds is 4. The molecule has 1 aliphatic heterocycles. The van der Waals surface area contributed by atoms with Gasteiger partial charge in [-0.1, -0.05) is 37.0 Å². The van der Waals surface area contributed by atoms with Crippen LogP contribution in [0.4, 0.5) is 0 Å². The Kier molecular flexibility index (Phi) is 4.63. The second kappa shape index (κ2) is 5.77. The molecule has 0 aromatic carbocycles. The molecule has 0 aromatic rings. The predicted octanol–water partition coefficient (Wildman–Crippen LogP) is 2.43. The van der Waals surface area contributed by atoms with Gasteiger partial charge in [-0.05, 0) is 18.9 Å². The van der Waals surface area contributed by atoms with Crippen LogP contribution >= 0.6 is 0 Å². The Morgan fingerprint density at radius 3 is 2.80 bits per heavy atom. The van der Waals surface area contributed by atoms with Crippen LogP contribution in [0, 0.1) is 0 Å². The molecule has 1 heterocycles. The van der Waals surface area contributed by atoms with E-state index < -0.39 is 0 Å². The lowest BCUT2D eigenvalue weighted by Gasteiger charge is -2.29. The van der Waals surface area contributed by atoms with Gasteiger partial charge in [-0.2, -0.15) is 0 Å². The van der Waals surface area contributed by atoms with Crippen molar-refractivity contribution in [2.75, 3.05) is 19.6 Å². The van der Waals surface area contributed by atoms with Crippen LogP contribution in [0.1, 0.15) is 13.3 Å². The fraction of sp³-hybridized carbons (Fsp3) is 0.385. The molecule has 78 valence electrons. The molecule has 0 aromatic heterocycles. The van der Waals surface area contributed by atoms with Crippen molar-refractivity contribution in [3.05, 3.63) is 48.0 Å². The highest BCUT2D eigenvalue weighted by atomic mass is 15.1. The zero-order valence-corrected chi connectivity index (χ0v) is 9.50. The Bertz CT molecular complexity index is 312. The first kappa shape index (κ1) is 12.1. The predicted molar refractivity (Wildman–Crippen MR) is 68.0 cm³/mol. The topological polar surface area (TPSA) is 3.24 Å². The Balaban J connectivity index is 2.58. The highest BCUT2D eigenvalue weighted by Crippen LogP contribution is 2.15. The third-order valence-electron chi connectivity index (χ3n) is 2.71. The summed E-state index contributed by atoms with van der Waals surface area (Å²) in [5.74, 6) is 0. The Hall–Kier alpha value is -1.02. The fourth-order valence-electron chi connectivity index (χ4n) is 1.74. The first-order valence-electron chi connectivity index (χ1n) is 5.28. The molecule has 0 aliphatic carbocycles. The minimum Gasteiger partial charge on any atom is -0.295 e. The summed E-state index contributed by atoms with van der Waals surface area (Å²) in [6.07, 6.45) is 6.67. The Morgan fingerprint density at radius 2 is 2.27 bits per heavy atom. The van der Waals surface area contributed by atoms with Crippen molar-refractivity contribution in [1.29, 1.82) is 0 Å². The van der Waals surface area contributed by atoms with Gasteiger partial charge in [0.2, 0.25) is 0 Å². The summed E-state index contributed by atoms with van der Waals surface area (Å²) < 4.78 is 0. The van der Waals surface area contributed by atoms with Gasteiger partial charge in [-0.3, -0.25) is 4.90 Å². The van der Waals surface area contributed by atoms with E-state index in [0.717, 1.165) is 31.5 Å². The second-order valence-corrected chi connectivity index (χ2v) is 3.95. The molecule has 2 heteroatoms. The molecule has 0 saturated carbocycles. The summed E-state index contributed by atoms with van der Waals surface area (Å²) in [4.78, 5) is 2.38. The minimum atomic E-state index is 0.931. The van der Waals surface area contributed by atoms with Crippen LogP contribution in [0.5, 0.6) is 0 Å². The molecule has 0 amide bonds. The maximum Gasteiger partial charge on any atom is 0.107 e. The van der Waals surface area contributed by atoms with Crippen LogP contribution in [-0.2, 0) is 0 Å². The van der Waals surface area contributed by atoms with E-state index in [9.17, 15) is 0 Å². The maximum absolute atomic E-state index is 5.86. The standard InChI is InChI=1S/C13H18BN/c1-4-6-12(5-2)10-15-8-7-13(14)11(3)9-15/h4-6H,1-2,7-10H2,3H3/b12-6+. The van der Waals surface area contributed by atoms with Gasteiger partial charge in [0.05, 0.1) is 0 Å². The van der Waals surface area contributed by atoms with E-state index in [1.54, 1.807) is 6.08 Å². The maximum atomic E-state index is 5.86. The molecule has 0 atom stereocenters. The van der Waals surface area contributed by atoms with Gasteiger partial charge < -0.3 is 0 Å². The number of hydrogen-bond donors (Lipinski definition) is 0. The second-order valence-electron chi connectivity index (χ2n) is 3.95. The Labute approximate surface area is 94.3 Å². The Morgan fingerprint density at radius 1 is 1.53 bits per heavy atom. The van der Waals surface area contributed by atoms with E-state index in [1.807, 2.05) is 12.2 Å². The van der Waals surface area contributed by atoms with E-state index in [0.29, 0.717) is 0 Å². The number of nitrogens with zero attached hydrogens (tertiary/aromatic N) is 1. The molecule has 1 aliphatic rings. The third-order valence-corrected chi connectivity index (χ3v) is 2.71. The highest BCUT2D eigenvalue weighted by Gasteiger charge is 2.13. The lowest BCUT2D eigenvalue weighted by molar-refractivity contribution is 0.314. The molecular formula is C13H18BN. The molecule has 1 rings (SSSR count). The zero-order valence-electron chi connectivity index (χ0n) is 9.50. The summed E-state index contributed by atoms with van der Waals surface area (Å²) in [5.41, 5.74) is 3.56. The van der Waals surface area contributed by atoms with Crippen molar-refractivity contribution >= 4 is 7.85 Å². The van der Waals surface area contributed by atoms with E-state index in [1.165, 1.54) is 11.1 Å². The van der Waals surface area contributed by atoms with E-state index in [4.69, 9.17) is 7.85 Å². The van der Waals surface area contributed by atoms with Crippen molar-refractivity contribution in [3.63, 3.8) is 0 Å². The minimum absolute atomic E-state index is 0.931. The monoisotopic (exact) mass is 199 g/mol. The van der Waals surface area contributed by atoms with Crippen LogP contribution < -0.4 is 0 Å². The summed E-state index contributed by atoms with van der Waals surface area (Å²) in [5, 5.41) is 0. The molecule has 0 spiro atoms. The smallest absolute Gasteiger partial charge is 0.107 e. The normalized spacial score (nSPS) is 19.1. The molecule has 0 N–H and O–H groups in total. The van der Waals surface area contributed by atoms with Crippen molar-refractivity contribution in [1.82, 2.24) is 4.90 Å². The zero-order chi connectivity index (χ0) is 11.3. The van der Waals surface area contributed by atoms with Gasteiger partial charge in [0.15, 0.2) is 0 Å². The molecule has 0 bridgehead atoms. The highest BCUT2D eigenvalue weighted by molar-refractivity contribution is 6.22. The van der Waals surface area contributed by atoms with E-state index >= 15 is 0 Å². The molecule has 15 heavy (non-hydrogen) atoms. The fourth-order valence-corrected chi connectivity index (χ4v) is 1.74.